The fourth-order valence-corrected chi connectivity index (χ4v) is 9.29. The normalized spacial score (nSPS) is 19.3. The number of anilines is 1. The molecule has 4 aromatic heterocycles. The Bertz CT molecular complexity index is 2840. The first kappa shape index (κ1) is 24.9. The van der Waals surface area contributed by atoms with Crippen molar-refractivity contribution in [2.24, 2.45) is 0 Å². The highest BCUT2D eigenvalue weighted by atomic mass is 32.1. The second-order valence-corrected chi connectivity index (χ2v) is 14.1. The van der Waals surface area contributed by atoms with Crippen molar-refractivity contribution in [1.29, 1.82) is 0 Å². The fourth-order valence-electron chi connectivity index (χ4n) is 8.21. The molecule has 0 saturated carbocycles. The van der Waals surface area contributed by atoms with E-state index in [9.17, 15) is 0 Å². The van der Waals surface area contributed by atoms with Crippen molar-refractivity contribution in [3.63, 3.8) is 0 Å². The largest absolute Gasteiger partial charge is 0.456 e. The maximum absolute atomic E-state index is 6.44. The summed E-state index contributed by atoms with van der Waals surface area (Å²) in [4.78, 5) is 0. The Morgan fingerprint density at radius 3 is 2.50 bits per heavy atom. The van der Waals surface area contributed by atoms with E-state index in [2.05, 4.69) is 138 Å². The molecule has 3 nitrogen and oxygen atoms in total. The summed E-state index contributed by atoms with van der Waals surface area (Å²) in [5.41, 5.74) is 10.8. The number of aromatic nitrogens is 1. The van der Waals surface area contributed by atoms with Crippen LogP contribution in [0.2, 0.25) is 0 Å². The molecule has 1 N–H and O–H groups in total. The van der Waals surface area contributed by atoms with E-state index in [1.165, 1.54) is 86.2 Å². The van der Waals surface area contributed by atoms with Gasteiger partial charge in [-0.2, -0.15) is 0 Å². The van der Waals surface area contributed by atoms with Gasteiger partial charge in [0, 0.05) is 59.1 Å². The molecule has 2 unspecified atom stereocenters. The summed E-state index contributed by atoms with van der Waals surface area (Å²) in [5, 5.41) is 12.9. The van der Waals surface area contributed by atoms with Gasteiger partial charge in [-0.1, -0.05) is 79.8 Å². The predicted octanol–water partition coefficient (Wildman–Crippen LogP) is 12.0. The average Bonchev–Trinajstić information content (AvgIpc) is 3.82. The number of rotatable bonds is 1. The second kappa shape index (κ2) is 8.90. The van der Waals surface area contributed by atoms with Gasteiger partial charge in [0.2, 0.25) is 0 Å². The van der Waals surface area contributed by atoms with Gasteiger partial charge in [0.1, 0.15) is 11.2 Å². The Morgan fingerprint density at radius 1 is 0.717 bits per heavy atom. The number of allylic oxidation sites excluding steroid dienone is 3. The summed E-state index contributed by atoms with van der Waals surface area (Å²) in [6, 6.07) is 33.8. The molecule has 0 spiro atoms. The summed E-state index contributed by atoms with van der Waals surface area (Å²) < 4.78 is 11.7. The second-order valence-electron chi connectivity index (χ2n) is 13.0. The molecule has 4 heteroatoms. The Labute approximate surface area is 268 Å². The average molecular weight is 609 g/mol. The van der Waals surface area contributed by atoms with Crippen LogP contribution in [0.25, 0.3) is 80.4 Å². The summed E-state index contributed by atoms with van der Waals surface area (Å²) in [5.74, 6) is 0.324. The van der Waals surface area contributed by atoms with Crippen LogP contribution in [0.4, 0.5) is 5.69 Å². The van der Waals surface area contributed by atoms with E-state index in [1.54, 1.807) is 0 Å². The smallest absolute Gasteiger partial charge is 0.137 e. The first-order valence-corrected chi connectivity index (χ1v) is 16.9. The minimum absolute atomic E-state index is 0.146. The molecular weight excluding hydrogens is 581 g/mol. The van der Waals surface area contributed by atoms with Gasteiger partial charge in [-0.25, -0.2) is 0 Å². The number of nitrogens with zero attached hydrogens (tertiary/aromatic N) is 1. The third-order valence-electron chi connectivity index (χ3n) is 10.4. The number of furan rings is 1. The Hall–Kier alpha value is -5.32. The lowest BCUT2D eigenvalue weighted by Gasteiger charge is -2.25. The molecular formula is C42H28N2OS. The maximum Gasteiger partial charge on any atom is 0.137 e. The van der Waals surface area contributed by atoms with Crippen molar-refractivity contribution in [3.8, 4) is 11.1 Å². The van der Waals surface area contributed by atoms with E-state index in [-0.39, 0.29) is 6.04 Å². The summed E-state index contributed by atoms with van der Waals surface area (Å²) in [6.07, 6.45) is 12.3. The van der Waals surface area contributed by atoms with Crippen LogP contribution in [0.5, 0.6) is 0 Å². The van der Waals surface area contributed by atoms with Gasteiger partial charge in [-0.3, -0.25) is 0 Å². The van der Waals surface area contributed by atoms with Crippen LogP contribution >= 0.6 is 11.3 Å². The highest BCUT2D eigenvalue weighted by Gasteiger charge is 2.29. The lowest BCUT2D eigenvalue weighted by Crippen LogP contribution is -2.22. The van der Waals surface area contributed by atoms with Gasteiger partial charge in [0.25, 0.3) is 0 Å². The molecule has 0 saturated heterocycles. The third kappa shape index (κ3) is 3.27. The van der Waals surface area contributed by atoms with Crippen LogP contribution < -0.4 is 5.32 Å². The minimum Gasteiger partial charge on any atom is -0.456 e. The summed E-state index contributed by atoms with van der Waals surface area (Å²) in [6.45, 7) is 2.37. The SMILES string of the molecule is CC1C/C=C2\C=CC=CC2Nc2c1n1c3cc4oc5ccccc5c4cc3c3cc(-c4ccc5sc6ccccc6c5c4)cc2c31. The van der Waals surface area contributed by atoms with Crippen LogP contribution in [0.1, 0.15) is 25.0 Å². The van der Waals surface area contributed by atoms with Crippen LogP contribution in [-0.2, 0) is 0 Å². The third-order valence-corrected chi connectivity index (χ3v) is 11.5. The molecule has 5 aromatic carbocycles. The lowest BCUT2D eigenvalue weighted by atomic mass is 9.92. The number of para-hydroxylation sites is 1. The lowest BCUT2D eigenvalue weighted by molar-refractivity contribution is 0.669. The van der Waals surface area contributed by atoms with Crippen LogP contribution in [0, 0.1) is 0 Å². The zero-order valence-corrected chi connectivity index (χ0v) is 26.0. The quantitative estimate of drug-likeness (QED) is 0.201. The van der Waals surface area contributed by atoms with E-state index < -0.39 is 0 Å². The minimum atomic E-state index is 0.146. The summed E-state index contributed by atoms with van der Waals surface area (Å²) >= 11 is 1.87. The van der Waals surface area contributed by atoms with Gasteiger partial charge in [-0.15, -0.1) is 11.3 Å². The molecule has 2 atom stereocenters. The van der Waals surface area contributed by atoms with Crippen molar-refractivity contribution in [3.05, 3.63) is 133 Å². The highest BCUT2D eigenvalue weighted by molar-refractivity contribution is 7.25. The standard InChI is InChI=1S/C42H28N2OS/c1-23-14-15-24-8-2-5-11-34(24)43-40-33-20-26(25-16-17-39-31(18-25)28-10-4-7-13-38(28)46-39)19-32-29-21-30-27-9-3-6-12-36(27)45-37(30)22-35(29)44(41(23)40)42(32)33/h2-13,15-23,34,43H,14H2,1H3/b24-15+. The van der Waals surface area contributed by atoms with Crippen molar-refractivity contribution in [1.82, 2.24) is 4.40 Å². The number of hydrogen-bond donors (Lipinski definition) is 1. The van der Waals surface area contributed by atoms with Crippen molar-refractivity contribution < 1.29 is 4.42 Å². The predicted molar refractivity (Wildman–Crippen MR) is 196 cm³/mol. The maximum atomic E-state index is 6.44. The topological polar surface area (TPSA) is 29.6 Å². The molecule has 0 amide bonds. The van der Waals surface area contributed by atoms with Crippen LogP contribution in [0.15, 0.2) is 131 Å². The molecule has 9 aromatic rings. The number of nitrogens with one attached hydrogen (secondary N) is 1. The number of fused-ring (bicyclic) bond motifs is 13. The van der Waals surface area contributed by atoms with Crippen molar-refractivity contribution in [2.75, 3.05) is 5.32 Å². The molecule has 5 heterocycles. The molecule has 11 rings (SSSR count). The van der Waals surface area contributed by atoms with Gasteiger partial charge in [0.05, 0.1) is 28.5 Å². The molecule has 0 fully saturated rings. The first-order valence-electron chi connectivity index (χ1n) is 16.1. The Balaban J connectivity index is 1.26. The van der Waals surface area contributed by atoms with Crippen molar-refractivity contribution in [2.45, 2.75) is 25.3 Å². The molecule has 0 bridgehead atoms. The van der Waals surface area contributed by atoms with Gasteiger partial charge in [0.15, 0.2) is 0 Å². The van der Waals surface area contributed by atoms with Gasteiger partial charge in [-0.05, 0) is 65.6 Å². The van der Waals surface area contributed by atoms with Gasteiger partial charge < -0.3 is 14.1 Å². The van der Waals surface area contributed by atoms with Crippen LogP contribution in [-0.4, -0.2) is 10.4 Å². The molecule has 218 valence electrons. The first-order chi connectivity index (χ1) is 22.7. The number of benzene rings is 5. The van der Waals surface area contributed by atoms with E-state index in [4.69, 9.17) is 4.42 Å². The molecule has 2 aliphatic rings. The summed E-state index contributed by atoms with van der Waals surface area (Å²) in [7, 11) is 0. The molecule has 1 aliphatic heterocycles. The van der Waals surface area contributed by atoms with E-state index in [1.807, 2.05) is 11.3 Å². The molecule has 1 aliphatic carbocycles. The van der Waals surface area contributed by atoms with E-state index in [0.29, 0.717) is 5.92 Å². The highest BCUT2D eigenvalue weighted by Crippen LogP contribution is 2.48. The Kier molecular flexibility index (Phi) is 4.82. The molecule has 0 radical (unpaired) electrons. The van der Waals surface area contributed by atoms with Gasteiger partial charge >= 0.3 is 0 Å². The van der Waals surface area contributed by atoms with Crippen molar-refractivity contribution >= 4 is 86.3 Å². The van der Waals surface area contributed by atoms with E-state index in [0.717, 1.165) is 17.6 Å². The Morgan fingerprint density at radius 2 is 1.54 bits per heavy atom. The zero-order valence-electron chi connectivity index (χ0n) is 25.2. The number of hydrogen-bond acceptors (Lipinski definition) is 3. The zero-order chi connectivity index (χ0) is 30.1. The number of thiophene rings is 1. The molecule has 46 heavy (non-hydrogen) atoms. The fraction of sp³-hybridized carbons (Fsp3) is 0.0952. The van der Waals surface area contributed by atoms with E-state index >= 15 is 0 Å². The van der Waals surface area contributed by atoms with Crippen LogP contribution in [0.3, 0.4) is 0 Å². The monoisotopic (exact) mass is 608 g/mol.